The summed E-state index contributed by atoms with van der Waals surface area (Å²) in [5.74, 6) is 2.67. The molecule has 4 rings (SSSR count). The number of anilines is 1. The molecule has 1 saturated carbocycles. The SMILES string of the molecule is COc1ccc(Cn2cnc(N)c3ncnc2-3)cc1OC1CCCC1. The van der Waals surface area contributed by atoms with E-state index in [1.807, 2.05) is 22.8 Å². The van der Waals surface area contributed by atoms with E-state index in [1.165, 1.54) is 19.2 Å². The molecule has 7 nitrogen and oxygen atoms in total. The zero-order valence-corrected chi connectivity index (χ0v) is 14.2. The second-order valence-electron chi connectivity index (χ2n) is 6.31. The molecule has 0 aromatic heterocycles. The first-order valence-corrected chi connectivity index (χ1v) is 8.49. The zero-order valence-electron chi connectivity index (χ0n) is 14.2. The topological polar surface area (TPSA) is 88.1 Å². The lowest BCUT2D eigenvalue weighted by molar-refractivity contribution is 0.200. The van der Waals surface area contributed by atoms with Crippen LogP contribution in [-0.4, -0.2) is 32.7 Å². The van der Waals surface area contributed by atoms with Gasteiger partial charge in [-0.15, -0.1) is 0 Å². The summed E-state index contributed by atoms with van der Waals surface area (Å²) < 4.78 is 13.6. The number of ether oxygens (including phenoxy) is 2. The Bertz CT molecular complexity index is 841. The predicted octanol–water partition coefficient (Wildman–Crippen LogP) is 2.74. The number of nitrogen functional groups attached to an aromatic ring is 1. The fraction of sp³-hybridized carbons (Fsp3) is 0.389. The number of fused-ring (bicyclic) bond motifs is 1. The van der Waals surface area contributed by atoms with Gasteiger partial charge in [0.2, 0.25) is 0 Å². The van der Waals surface area contributed by atoms with Crippen molar-refractivity contribution in [2.45, 2.75) is 38.3 Å². The third-order valence-corrected chi connectivity index (χ3v) is 4.61. The minimum Gasteiger partial charge on any atom is -0.493 e. The fourth-order valence-corrected chi connectivity index (χ4v) is 3.31. The van der Waals surface area contributed by atoms with E-state index in [0.29, 0.717) is 18.1 Å². The molecular weight excluding hydrogens is 318 g/mol. The van der Waals surface area contributed by atoms with E-state index in [-0.39, 0.29) is 6.10 Å². The molecular formula is C18H21N5O2. The normalized spacial score (nSPS) is 14.9. The first-order chi connectivity index (χ1) is 12.2. The Morgan fingerprint density at radius 3 is 2.80 bits per heavy atom. The van der Waals surface area contributed by atoms with Gasteiger partial charge in [0.15, 0.2) is 23.1 Å². The van der Waals surface area contributed by atoms with Crippen LogP contribution >= 0.6 is 0 Å². The molecule has 1 fully saturated rings. The van der Waals surface area contributed by atoms with Crippen LogP contribution in [0, 0.1) is 0 Å². The van der Waals surface area contributed by atoms with Gasteiger partial charge < -0.3 is 19.8 Å². The predicted molar refractivity (Wildman–Crippen MR) is 93.8 cm³/mol. The molecule has 25 heavy (non-hydrogen) atoms. The maximum atomic E-state index is 6.17. The molecule has 0 bridgehead atoms. The van der Waals surface area contributed by atoms with E-state index in [2.05, 4.69) is 15.0 Å². The molecule has 7 heteroatoms. The van der Waals surface area contributed by atoms with E-state index < -0.39 is 0 Å². The highest BCUT2D eigenvalue weighted by atomic mass is 16.5. The van der Waals surface area contributed by atoms with Gasteiger partial charge in [0.1, 0.15) is 12.0 Å². The fourth-order valence-electron chi connectivity index (χ4n) is 3.31. The van der Waals surface area contributed by atoms with Gasteiger partial charge in [-0.25, -0.2) is 15.0 Å². The lowest BCUT2D eigenvalue weighted by Crippen LogP contribution is -2.12. The summed E-state index contributed by atoms with van der Waals surface area (Å²) in [6.45, 7) is 0.605. The van der Waals surface area contributed by atoms with Crippen molar-refractivity contribution >= 4 is 5.82 Å². The zero-order chi connectivity index (χ0) is 17.2. The van der Waals surface area contributed by atoms with E-state index in [9.17, 15) is 0 Å². The van der Waals surface area contributed by atoms with Gasteiger partial charge >= 0.3 is 0 Å². The molecule has 0 spiro atoms. The molecule has 1 aromatic rings. The molecule has 0 saturated heterocycles. The summed E-state index contributed by atoms with van der Waals surface area (Å²) in [4.78, 5) is 12.7. The Morgan fingerprint density at radius 1 is 1.16 bits per heavy atom. The molecule has 2 N–H and O–H groups in total. The number of hydrogen-bond acceptors (Lipinski definition) is 6. The van der Waals surface area contributed by atoms with Crippen LogP contribution in [0.4, 0.5) is 5.82 Å². The maximum Gasteiger partial charge on any atom is 0.165 e. The van der Waals surface area contributed by atoms with Gasteiger partial charge in [0.25, 0.3) is 0 Å². The Morgan fingerprint density at radius 2 is 2.00 bits per heavy atom. The maximum absolute atomic E-state index is 6.17. The molecule has 2 aliphatic heterocycles. The average Bonchev–Trinajstić information content (AvgIpc) is 3.30. The van der Waals surface area contributed by atoms with Gasteiger partial charge in [0.05, 0.1) is 26.1 Å². The summed E-state index contributed by atoms with van der Waals surface area (Å²) in [6, 6.07) is 5.99. The second kappa shape index (κ2) is 6.58. The summed E-state index contributed by atoms with van der Waals surface area (Å²) in [6.07, 6.45) is 8.14. The molecule has 0 radical (unpaired) electrons. The van der Waals surface area contributed by atoms with E-state index in [4.69, 9.17) is 15.2 Å². The highest BCUT2D eigenvalue weighted by Gasteiger charge is 2.19. The first kappa shape index (κ1) is 15.7. The average molecular weight is 339 g/mol. The molecule has 0 atom stereocenters. The van der Waals surface area contributed by atoms with E-state index in [1.54, 1.807) is 13.4 Å². The van der Waals surface area contributed by atoms with Crippen LogP contribution in [-0.2, 0) is 6.54 Å². The van der Waals surface area contributed by atoms with Crippen LogP contribution in [0.3, 0.4) is 0 Å². The van der Waals surface area contributed by atoms with Crippen molar-refractivity contribution < 1.29 is 9.47 Å². The van der Waals surface area contributed by atoms with Crippen molar-refractivity contribution in [3.05, 3.63) is 36.4 Å². The number of hydrogen-bond donors (Lipinski definition) is 1. The summed E-state index contributed by atoms with van der Waals surface area (Å²) >= 11 is 0. The summed E-state index contributed by atoms with van der Waals surface area (Å²) in [5.41, 5.74) is 7.55. The number of nitrogens with zero attached hydrogens (tertiary/aromatic N) is 4. The van der Waals surface area contributed by atoms with Crippen molar-refractivity contribution in [3.8, 4) is 23.0 Å². The van der Waals surface area contributed by atoms with Crippen LogP contribution in [0.25, 0.3) is 11.5 Å². The monoisotopic (exact) mass is 339 g/mol. The van der Waals surface area contributed by atoms with Crippen LogP contribution < -0.4 is 15.2 Å². The highest BCUT2D eigenvalue weighted by Crippen LogP contribution is 2.33. The van der Waals surface area contributed by atoms with Crippen molar-refractivity contribution in [2.75, 3.05) is 12.8 Å². The van der Waals surface area contributed by atoms with Crippen LogP contribution in [0.1, 0.15) is 31.2 Å². The number of nitrogens with two attached hydrogens (primary N) is 1. The Hall–Kier alpha value is -2.83. The Kier molecular flexibility index (Phi) is 4.13. The molecule has 130 valence electrons. The number of aromatic nitrogens is 4. The molecule has 3 aliphatic rings. The van der Waals surface area contributed by atoms with E-state index >= 15 is 0 Å². The second-order valence-corrected chi connectivity index (χ2v) is 6.31. The Balaban J connectivity index is 1.61. The molecule has 2 heterocycles. The van der Waals surface area contributed by atoms with Gasteiger partial charge in [-0.2, -0.15) is 0 Å². The number of benzene rings is 1. The minimum atomic E-state index is 0.280. The highest BCUT2D eigenvalue weighted by molar-refractivity contribution is 5.64. The number of methoxy groups -OCH3 is 1. The molecule has 0 amide bonds. The third-order valence-electron chi connectivity index (χ3n) is 4.61. The van der Waals surface area contributed by atoms with Gasteiger partial charge in [-0.05, 0) is 43.4 Å². The van der Waals surface area contributed by atoms with Crippen molar-refractivity contribution in [1.29, 1.82) is 0 Å². The largest absolute Gasteiger partial charge is 0.493 e. The minimum absolute atomic E-state index is 0.280. The van der Waals surface area contributed by atoms with Crippen LogP contribution in [0.15, 0.2) is 30.9 Å². The third kappa shape index (κ3) is 3.09. The van der Waals surface area contributed by atoms with Gasteiger partial charge in [-0.1, -0.05) is 6.07 Å². The lowest BCUT2D eigenvalue weighted by atomic mass is 10.2. The van der Waals surface area contributed by atoms with Crippen LogP contribution in [0.5, 0.6) is 11.5 Å². The quantitative estimate of drug-likeness (QED) is 0.769. The molecule has 0 unspecified atom stereocenters. The number of rotatable bonds is 5. The smallest absolute Gasteiger partial charge is 0.165 e. The van der Waals surface area contributed by atoms with Gasteiger partial charge in [0, 0.05) is 0 Å². The molecule has 1 aliphatic carbocycles. The summed E-state index contributed by atoms with van der Waals surface area (Å²) in [7, 11) is 1.66. The first-order valence-electron chi connectivity index (χ1n) is 8.49. The van der Waals surface area contributed by atoms with E-state index in [0.717, 1.165) is 35.7 Å². The van der Waals surface area contributed by atoms with Crippen LogP contribution in [0.2, 0.25) is 0 Å². The van der Waals surface area contributed by atoms with Crippen molar-refractivity contribution in [1.82, 2.24) is 19.5 Å². The Labute approximate surface area is 146 Å². The summed E-state index contributed by atoms with van der Waals surface area (Å²) in [5, 5.41) is 0. The van der Waals surface area contributed by atoms with Gasteiger partial charge in [-0.3, -0.25) is 0 Å². The number of imidazole rings is 1. The lowest BCUT2D eigenvalue weighted by Gasteiger charge is -2.17. The standard InChI is InChI=1S/C18H21N5O2/c1-24-14-7-6-12(8-15(14)25-13-4-2-3-5-13)9-23-11-22-17(19)16-18(23)21-10-20-16/h6-8,10-11,13H,2-5,9,19H2,1H3. The molecule has 1 aromatic carbocycles. The van der Waals surface area contributed by atoms with Crippen molar-refractivity contribution in [3.63, 3.8) is 0 Å². The van der Waals surface area contributed by atoms with Crippen molar-refractivity contribution in [2.24, 2.45) is 0 Å².